The quantitative estimate of drug-likeness (QED) is 0.503. The zero-order chi connectivity index (χ0) is 12.0. The molecule has 2 atom stereocenters. The average molecular weight is 220 g/mol. The van der Waals surface area contributed by atoms with Crippen LogP contribution >= 0.6 is 0 Å². The van der Waals surface area contributed by atoms with Gasteiger partial charge >= 0.3 is 0 Å². The molecule has 0 bridgehead atoms. The number of allylic oxidation sites excluding steroid dienone is 2. The van der Waals surface area contributed by atoms with Gasteiger partial charge in [-0.3, -0.25) is 9.59 Å². The van der Waals surface area contributed by atoms with Gasteiger partial charge in [-0.15, -0.1) is 0 Å². The topological polar surface area (TPSA) is 34.1 Å². The van der Waals surface area contributed by atoms with Crippen molar-refractivity contribution in [2.45, 2.75) is 46.5 Å². The number of carbonyl (C=O) groups excluding carboxylic acids is 2. The first-order chi connectivity index (χ1) is 7.39. The van der Waals surface area contributed by atoms with Crippen LogP contribution in [0.4, 0.5) is 0 Å². The summed E-state index contributed by atoms with van der Waals surface area (Å²) in [5, 5.41) is 0. The highest BCUT2D eigenvalue weighted by atomic mass is 16.1. The van der Waals surface area contributed by atoms with Crippen molar-refractivity contribution in [2.75, 3.05) is 0 Å². The highest BCUT2D eigenvalue weighted by Gasteiger charge is 2.48. The van der Waals surface area contributed by atoms with Gasteiger partial charge in [-0.1, -0.05) is 33.3 Å². The summed E-state index contributed by atoms with van der Waals surface area (Å²) in [7, 11) is 0. The summed E-state index contributed by atoms with van der Waals surface area (Å²) >= 11 is 0. The molecule has 0 heterocycles. The third kappa shape index (κ3) is 1.64. The molecule has 0 aromatic carbocycles. The first-order valence-corrected chi connectivity index (χ1v) is 6.10. The second kappa shape index (κ2) is 3.54. The molecular weight excluding hydrogens is 200 g/mol. The zero-order valence-electron chi connectivity index (χ0n) is 10.4. The van der Waals surface area contributed by atoms with Crippen LogP contribution in [0, 0.1) is 16.7 Å². The summed E-state index contributed by atoms with van der Waals surface area (Å²) in [5.41, 5.74) is 0.663. The van der Waals surface area contributed by atoms with E-state index in [-0.39, 0.29) is 16.6 Å². The molecule has 0 aromatic rings. The molecule has 1 fully saturated rings. The molecule has 2 heteroatoms. The van der Waals surface area contributed by atoms with E-state index in [1.54, 1.807) is 0 Å². The maximum atomic E-state index is 11.8. The number of carbonyl (C=O) groups is 2. The maximum absolute atomic E-state index is 11.8. The number of hydrogen-bond acceptors (Lipinski definition) is 2. The van der Waals surface area contributed by atoms with Gasteiger partial charge in [-0.2, -0.15) is 0 Å². The minimum Gasteiger partial charge on any atom is -0.298 e. The van der Waals surface area contributed by atoms with Gasteiger partial charge < -0.3 is 0 Å². The van der Waals surface area contributed by atoms with Crippen LogP contribution in [-0.2, 0) is 9.59 Å². The Kier molecular flexibility index (Phi) is 2.56. The van der Waals surface area contributed by atoms with E-state index >= 15 is 0 Å². The Morgan fingerprint density at radius 2 is 2.00 bits per heavy atom. The summed E-state index contributed by atoms with van der Waals surface area (Å²) < 4.78 is 0. The normalized spacial score (nSPS) is 37.6. The second-order valence-corrected chi connectivity index (χ2v) is 6.25. The van der Waals surface area contributed by atoms with E-state index in [2.05, 4.69) is 20.8 Å². The minimum atomic E-state index is 0.0347. The van der Waals surface area contributed by atoms with E-state index < -0.39 is 0 Å². The molecule has 0 unspecified atom stereocenters. The summed E-state index contributed by atoms with van der Waals surface area (Å²) in [6.07, 6.45) is 6.70. The highest BCUT2D eigenvalue weighted by Crippen LogP contribution is 2.55. The predicted octanol–water partition coefficient (Wildman–Crippen LogP) is 2.92. The van der Waals surface area contributed by atoms with Gasteiger partial charge in [-0.25, -0.2) is 0 Å². The summed E-state index contributed by atoms with van der Waals surface area (Å²) in [4.78, 5) is 22.7. The van der Waals surface area contributed by atoms with Crippen LogP contribution in [0.2, 0.25) is 0 Å². The number of hydrogen-bond donors (Lipinski definition) is 0. The number of rotatable bonds is 1. The molecule has 2 aliphatic rings. The fraction of sp³-hybridized carbons (Fsp3) is 0.714. The first-order valence-electron chi connectivity index (χ1n) is 6.10. The lowest BCUT2D eigenvalue weighted by Crippen LogP contribution is -2.45. The number of fused-ring (bicyclic) bond motifs is 1. The lowest BCUT2D eigenvalue weighted by molar-refractivity contribution is -0.123. The third-order valence-corrected chi connectivity index (χ3v) is 4.60. The Hall–Kier alpha value is -0.920. The maximum Gasteiger partial charge on any atom is 0.166 e. The van der Waals surface area contributed by atoms with Crippen molar-refractivity contribution >= 4 is 12.1 Å². The van der Waals surface area contributed by atoms with E-state index in [0.717, 1.165) is 12.7 Å². The van der Waals surface area contributed by atoms with Crippen molar-refractivity contribution < 1.29 is 9.59 Å². The molecule has 2 aliphatic carbocycles. The molecule has 0 aromatic heterocycles. The Balaban J connectivity index is 2.43. The van der Waals surface area contributed by atoms with Gasteiger partial charge in [0.15, 0.2) is 12.1 Å². The Labute approximate surface area is 97.1 Å². The first kappa shape index (κ1) is 11.6. The molecule has 2 rings (SSSR count). The smallest absolute Gasteiger partial charge is 0.166 e. The zero-order valence-corrected chi connectivity index (χ0v) is 10.4. The van der Waals surface area contributed by atoms with Crippen LogP contribution in [0.5, 0.6) is 0 Å². The standard InChI is InChI=1S/C14H20O2/c1-13(2)5-4-6-14(3)8-10(9-15)11(16)7-12(13)14/h8-9,12H,4-7H2,1-3H3/t12-,14-/m1/s1. The van der Waals surface area contributed by atoms with Crippen LogP contribution < -0.4 is 0 Å². The highest BCUT2D eigenvalue weighted by molar-refractivity contribution is 6.12. The second-order valence-electron chi connectivity index (χ2n) is 6.25. The number of ketones is 1. The summed E-state index contributed by atoms with van der Waals surface area (Å²) in [5.74, 6) is 0.428. The lowest BCUT2D eigenvalue weighted by atomic mass is 9.53. The molecule has 0 amide bonds. The van der Waals surface area contributed by atoms with Crippen LogP contribution in [-0.4, -0.2) is 12.1 Å². The number of aldehydes is 1. The van der Waals surface area contributed by atoms with Crippen molar-refractivity contribution in [1.82, 2.24) is 0 Å². The lowest BCUT2D eigenvalue weighted by Gasteiger charge is -2.51. The van der Waals surface area contributed by atoms with Gasteiger partial charge in [0.2, 0.25) is 0 Å². The Morgan fingerprint density at radius 1 is 1.31 bits per heavy atom. The van der Waals surface area contributed by atoms with Gasteiger partial charge in [0, 0.05) is 6.42 Å². The van der Waals surface area contributed by atoms with Crippen LogP contribution in [0.1, 0.15) is 46.5 Å². The molecule has 0 radical (unpaired) electrons. The van der Waals surface area contributed by atoms with Gasteiger partial charge in [0.1, 0.15) is 0 Å². The molecule has 0 spiro atoms. The van der Waals surface area contributed by atoms with Crippen molar-refractivity contribution in [3.8, 4) is 0 Å². The van der Waals surface area contributed by atoms with Crippen molar-refractivity contribution in [2.24, 2.45) is 16.7 Å². The monoisotopic (exact) mass is 220 g/mol. The molecule has 0 saturated heterocycles. The SMILES string of the molecule is CC1(C)CCC[C@]2(C)C=C(C=O)C(=O)C[C@H]12. The molecule has 2 nitrogen and oxygen atoms in total. The molecule has 1 saturated carbocycles. The van der Waals surface area contributed by atoms with Crippen molar-refractivity contribution in [1.29, 1.82) is 0 Å². The van der Waals surface area contributed by atoms with Crippen molar-refractivity contribution in [3.05, 3.63) is 11.6 Å². The van der Waals surface area contributed by atoms with E-state index in [1.807, 2.05) is 6.08 Å². The predicted molar refractivity (Wildman–Crippen MR) is 63.0 cm³/mol. The average Bonchev–Trinajstić information content (AvgIpc) is 2.19. The van der Waals surface area contributed by atoms with E-state index in [1.165, 1.54) is 12.8 Å². The van der Waals surface area contributed by atoms with Gasteiger partial charge in [-0.05, 0) is 29.6 Å². The fourth-order valence-corrected chi connectivity index (χ4v) is 3.69. The van der Waals surface area contributed by atoms with Crippen LogP contribution in [0.25, 0.3) is 0 Å². The third-order valence-electron chi connectivity index (χ3n) is 4.60. The fourth-order valence-electron chi connectivity index (χ4n) is 3.69. The van der Waals surface area contributed by atoms with E-state index in [4.69, 9.17) is 0 Å². The van der Waals surface area contributed by atoms with Gasteiger partial charge in [0.05, 0.1) is 5.57 Å². The molecule has 88 valence electrons. The Bertz CT molecular complexity index is 365. The number of Topliss-reactive ketones (excluding diaryl/α,β-unsaturated/α-hetero) is 1. The van der Waals surface area contributed by atoms with Gasteiger partial charge in [0.25, 0.3) is 0 Å². The van der Waals surface area contributed by atoms with E-state index in [9.17, 15) is 9.59 Å². The minimum absolute atomic E-state index is 0.0347. The van der Waals surface area contributed by atoms with E-state index in [0.29, 0.717) is 17.9 Å². The largest absolute Gasteiger partial charge is 0.298 e. The van der Waals surface area contributed by atoms with Crippen LogP contribution in [0.15, 0.2) is 11.6 Å². The molecule has 0 aliphatic heterocycles. The molecule has 16 heavy (non-hydrogen) atoms. The molecule has 0 N–H and O–H groups in total. The Morgan fingerprint density at radius 3 is 2.62 bits per heavy atom. The van der Waals surface area contributed by atoms with Crippen molar-refractivity contribution in [3.63, 3.8) is 0 Å². The molecular formula is C14H20O2. The van der Waals surface area contributed by atoms with Crippen LogP contribution in [0.3, 0.4) is 0 Å². The summed E-state index contributed by atoms with van der Waals surface area (Å²) in [6.45, 7) is 6.71. The summed E-state index contributed by atoms with van der Waals surface area (Å²) in [6, 6.07) is 0.